The van der Waals surface area contributed by atoms with Gasteiger partial charge in [0.1, 0.15) is 6.10 Å². The summed E-state index contributed by atoms with van der Waals surface area (Å²) in [6, 6.07) is 30.3. The van der Waals surface area contributed by atoms with Crippen molar-refractivity contribution in [3.63, 3.8) is 0 Å². The Bertz CT molecular complexity index is 868. The third-order valence-corrected chi connectivity index (χ3v) is 5.59. The van der Waals surface area contributed by atoms with E-state index in [-0.39, 0.29) is 18.2 Å². The Morgan fingerprint density at radius 3 is 1.87 bits per heavy atom. The van der Waals surface area contributed by atoms with Crippen LogP contribution in [0.25, 0.3) is 0 Å². The third kappa shape index (κ3) is 5.49. The number of nitrogens with one attached hydrogen (secondary N) is 1. The fourth-order valence-electron chi connectivity index (χ4n) is 3.98. The van der Waals surface area contributed by atoms with E-state index < -0.39 is 0 Å². The van der Waals surface area contributed by atoms with E-state index in [9.17, 15) is 4.79 Å². The number of piperidine rings is 1. The number of benzene rings is 3. The van der Waals surface area contributed by atoms with Gasteiger partial charge in [0.15, 0.2) is 0 Å². The molecule has 0 atom stereocenters. The largest absolute Gasteiger partial charge is 0.446 e. The van der Waals surface area contributed by atoms with Crippen LogP contribution in [0, 0.1) is 0 Å². The molecular formula is C26H28N2O2. The summed E-state index contributed by atoms with van der Waals surface area (Å²) in [6.07, 6.45) is 1.34. The molecule has 4 nitrogen and oxygen atoms in total. The lowest BCUT2D eigenvalue weighted by Gasteiger charge is -2.32. The van der Waals surface area contributed by atoms with Gasteiger partial charge in [-0.3, -0.25) is 4.90 Å². The van der Waals surface area contributed by atoms with Crippen LogP contribution in [-0.4, -0.2) is 30.2 Å². The van der Waals surface area contributed by atoms with Gasteiger partial charge in [0.05, 0.1) is 6.04 Å². The van der Waals surface area contributed by atoms with Gasteiger partial charge in [0.25, 0.3) is 0 Å². The first-order chi connectivity index (χ1) is 14.8. The lowest BCUT2D eigenvalue weighted by molar-refractivity contribution is 0.0476. The van der Waals surface area contributed by atoms with Gasteiger partial charge in [-0.2, -0.15) is 0 Å². The van der Waals surface area contributed by atoms with Crippen molar-refractivity contribution in [3.8, 4) is 0 Å². The predicted octanol–water partition coefficient (Wildman–Crippen LogP) is 5.17. The minimum absolute atomic E-state index is 0.0378. The predicted molar refractivity (Wildman–Crippen MR) is 119 cm³/mol. The molecule has 0 spiro atoms. The van der Waals surface area contributed by atoms with Crippen LogP contribution in [0.1, 0.15) is 35.6 Å². The fraction of sp³-hybridized carbons (Fsp3) is 0.269. The zero-order chi connectivity index (χ0) is 20.6. The first-order valence-electron chi connectivity index (χ1n) is 10.6. The molecule has 0 unspecified atom stereocenters. The van der Waals surface area contributed by atoms with Gasteiger partial charge in [0.2, 0.25) is 0 Å². The van der Waals surface area contributed by atoms with Gasteiger partial charge in [-0.05, 0) is 29.5 Å². The Morgan fingerprint density at radius 1 is 0.833 bits per heavy atom. The minimum Gasteiger partial charge on any atom is -0.446 e. The van der Waals surface area contributed by atoms with E-state index in [1.54, 1.807) is 0 Å². The van der Waals surface area contributed by atoms with E-state index in [0.717, 1.165) is 43.6 Å². The molecule has 4 rings (SSSR count). The standard InChI is InChI=1S/C26H28N2O2/c29-26(27-25(22-12-6-2-7-13-22)23-14-8-3-9-15-23)30-24-16-18-28(19-17-24)20-21-10-4-1-5-11-21/h1-15,24-25H,16-20H2,(H,27,29). The van der Waals surface area contributed by atoms with E-state index >= 15 is 0 Å². The highest BCUT2D eigenvalue weighted by molar-refractivity contribution is 5.69. The number of nitrogens with zero attached hydrogens (tertiary/aromatic N) is 1. The molecule has 1 fully saturated rings. The topological polar surface area (TPSA) is 41.6 Å². The van der Waals surface area contributed by atoms with E-state index in [0.29, 0.717) is 0 Å². The highest BCUT2D eigenvalue weighted by Crippen LogP contribution is 2.23. The molecule has 0 aliphatic carbocycles. The number of alkyl carbamates (subject to hydrolysis) is 1. The Morgan fingerprint density at radius 2 is 1.33 bits per heavy atom. The van der Waals surface area contributed by atoms with Gasteiger partial charge in [-0.1, -0.05) is 91.0 Å². The number of likely N-dealkylation sites (tertiary alicyclic amines) is 1. The summed E-state index contributed by atoms with van der Waals surface area (Å²) < 4.78 is 5.79. The average Bonchev–Trinajstić information content (AvgIpc) is 2.81. The zero-order valence-corrected chi connectivity index (χ0v) is 17.1. The summed E-state index contributed by atoms with van der Waals surface area (Å²) in [5, 5.41) is 3.07. The van der Waals surface area contributed by atoms with Crippen molar-refractivity contribution in [1.29, 1.82) is 0 Å². The van der Waals surface area contributed by atoms with Crippen LogP contribution < -0.4 is 5.32 Å². The Balaban J connectivity index is 1.32. The lowest BCUT2D eigenvalue weighted by atomic mass is 9.99. The molecule has 1 heterocycles. The van der Waals surface area contributed by atoms with Gasteiger partial charge < -0.3 is 10.1 Å². The van der Waals surface area contributed by atoms with Gasteiger partial charge in [0, 0.05) is 19.6 Å². The number of carbonyl (C=O) groups excluding carboxylic acids is 1. The summed E-state index contributed by atoms with van der Waals surface area (Å²) in [5.74, 6) is 0. The molecule has 1 amide bonds. The number of hydrogen-bond donors (Lipinski definition) is 1. The molecule has 1 aliphatic heterocycles. The normalized spacial score (nSPS) is 15.1. The molecule has 0 radical (unpaired) electrons. The maximum Gasteiger partial charge on any atom is 0.408 e. The maximum absolute atomic E-state index is 12.7. The van der Waals surface area contributed by atoms with Crippen LogP contribution in [0.2, 0.25) is 0 Å². The summed E-state index contributed by atoms with van der Waals surface area (Å²) in [7, 11) is 0. The maximum atomic E-state index is 12.7. The molecule has 3 aromatic carbocycles. The smallest absolute Gasteiger partial charge is 0.408 e. The molecular weight excluding hydrogens is 372 g/mol. The van der Waals surface area contributed by atoms with Gasteiger partial charge in [-0.25, -0.2) is 4.79 Å². The van der Waals surface area contributed by atoms with Crippen molar-refractivity contribution in [2.45, 2.75) is 31.5 Å². The third-order valence-electron chi connectivity index (χ3n) is 5.59. The van der Waals surface area contributed by atoms with E-state index in [1.807, 2.05) is 66.7 Å². The molecule has 0 saturated carbocycles. The molecule has 4 heteroatoms. The van der Waals surface area contributed by atoms with Crippen LogP contribution in [0.3, 0.4) is 0 Å². The summed E-state index contributed by atoms with van der Waals surface area (Å²) >= 11 is 0. The van der Waals surface area contributed by atoms with Crippen LogP contribution in [0.5, 0.6) is 0 Å². The van der Waals surface area contributed by atoms with E-state index in [4.69, 9.17) is 4.74 Å². The van der Waals surface area contributed by atoms with Crippen molar-refractivity contribution >= 4 is 6.09 Å². The zero-order valence-electron chi connectivity index (χ0n) is 17.1. The van der Waals surface area contributed by atoms with Crippen molar-refractivity contribution in [2.24, 2.45) is 0 Å². The van der Waals surface area contributed by atoms with Gasteiger partial charge >= 0.3 is 6.09 Å². The molecule has 0 bridgehead atoms. The van der Waals surface area contributed by atoms with Crippen molar-refractivity contribution in [1.82, 2.24) is 10.2 Å². The number of amides is 1. The highest BCUT2D eigenvalue weighted by Gasteiger charge is 2.24. The summed E-state index contributed by atoms with van der Waals surface area (Å²) in [5.41, 5.74) is 3.40. The molecule has 0 aromatic heterocycles. The molecule has 1 aliphatic rings. The van der Waals surface area contributed by atoms with Crippen molar-refractivity contribution < 1.29 is 9.53 Å². The monoisotopic (exact) mass is 400 g/mol. The summed E-state index contributed by atoms with van der Waals surface area (Å²) in [6.45, 7) is 2.82. The molecule has 154 valence electrons. The Hall–Kier alpha value is -3.11. The van der Waals surface area contributed by atoms with Crippen LogP contribution in [-0.2, 0) is 11.3 Å². The van der Waals surface area contributed by atoms with Crippen molar-refractivity contribution in [3.05, 3.63) is 108 Å². The molecule has 1 saturated heterocycles. The second-order valence-electron chi connectivity index (χ2n) is 7.77. The minimum atomic E-state index is -0.353. The van der Waals surface area contributed by atoms with Crippen molar-refractivity contribution in [2.75, 3.05) is 13.1 Å². The van der Waals surface area contributed by atoms with E-state index in [1.165, 1.54) is 5.56 Å². The van der Waals surface area contributed by atoms with Crippen LogP contribution in [0.4, 0.5) is 4.79 Å². The summed E-state index contributed by atoms with van der Waals surface area (Å²) in [4.78, 5) is 15.1. The Labute approximate surface area is 178 Å². The number of rotatable bonds is 6. The average molecular weight is 401 g/mol. The van der Waals surface area contributed by atoms with Crippen LogP contribution in [0.15, 0.2) is 91.0 Å². The second-order valence-corrected chi connectivity index (χ2v) is 7.77. The number of hydrogen-bond acceptors (Lipinski definition) is 3. The fourth-order valence-corrected chi connectivity index (χ4v) is 3.98. The molecule has 1 N–H and O–H groups in total. The second kappa shape index (κ2) is 10.1. The van der Waals surface area contributed by atoms with Gasteiger partial charge in [-0.15, -0.1) is 0 Å². The number of ether oxygens (including phenoxy) is 1. The highest BCUT2D eigenvalue weighted by atomic mass is 16.6. The molecule has 30 heavy (non-hydrogen) atoms. The quantitative estimate of drug-likeness (QED) is 0.621. The SMILES string of the molecule is O=C(NC(c1ccccc1)c1ccccc1)OC1CCN(Cc2ccccc2)CC1. The Kier molecular flexibility index (Phi) is 6.78. The first-order valence-corrected chi connectivity index (χ1v) is 10.6. The van der Waals surface area contributed by atoms with Crippen LogP contribution >= 0.6 is 0 Å². The van der Waals surface area contributed by atoms with E-state index in [2.05, 4.69) is 34.5 Å². The first kappa shape index (κ1) is 20.2. The molecule has 3 aromatic rings. The number of carbonyl (C=O) groups is 1. The lowest BCUT2D eigenvalue weighted by Crippen LogP contribution is -2.40.